The number of nitrogens with two attached hydrogens (primary N) is 1. The number of hydrogen-bond acceptors (Lipinski definition) is 2. The molecule has 0 saturated heterocycles. The van der Waals surface area contributed by atoms with Gasteiger partial charge in [-0.3, -0.25) is 9.59 Å². The predicted octanol–water partition coefficient (Wildman–Crippen LogP) is 1.93. The fourth-order valence-electron chi connectivity index (χ4n) is 1.44. The minimum Gasteiger partial charge on any atom is -0.366 e. The van der Waals surface area contributed by atoms with Gasteiger partial charge in [-0.1, -0.05) is 0 Å². The second-order valence-corrected chi connectivity index (χ2v) is 3.24. The quantitative estimate of drug-likeness (QED) is 0.790. The normalized spacial score (nSPS) is 11.2. The van der Waals surface area contributed by atoms with Gasteiger partial charge in [0.05, 0.1) is 5.56 Å². The first-order chi connectivity index (χ1) is 7.27. The van der Waals surface area contributed by atoms with Gasteiger partial charge in [-0.15, -0.1) is 0 Å². The van der Waals surface area contributed by atoms with Gasteiger partial charge < -0.3 is 5.73 Å². The van der Waals surface area contributed by atoms with Crippen LogP contribution in [0.15, 0.2) is 12.1 Å². The van der Waals surface area contributed by atoms with Crippen LogP contribution in [0, 0.1) is 6.92 Å². The van der Waals surface area contributed by atoms with E-state index >= 15 is 0 Å². The topological polar surface area (TPSA) is 60.2 Å². The lowest BCUT2D eigenvalue weighted by Gasteiger charge is -2.13. The second-order valence-electron chi connectivity index (χ2n) is 3.24. The van der Waals surface area contributed by atoms with Crippen molar-refractivity contribution in [2.24, 2.45) is 5.73 Å². The van der Waals surface area contributed by atoms with Gasteiger partial charge in [0.15, 0.2) is 6.29 Å². The van der Waals surface area contributed by atoms with Crippen molar-refractivity contribution in [1.29, 1.82) is 0 Å². The van der Waals surface area contributed by atoms with E-state index in [1.807, 2.05) is 0 Å². The van der Waals surface area contributed by atoms with Gasteiger partial charge in [-0.25, -0.2) is 0 Å². The molecule has 1 aromatic carbocycles. The average Bonchev–Trinajstić information content (AvgIpc) is 2.14. The van der Waals surface area contributed by atoms with Crippen molar-refractivity contribution >= 4 is 12.2 Å². The maximum absolute atomic E-state index is 12.6. The van der Waals surface area contributed by atoms with Crippen molar-refractivity contribution in [2.45, 2.75) is 13.1 Å². The SMILES string of the molecule is Cc1cc(C(N)=O)cc(C=O)c1C(F)(F)F. The average molecular weight is 231 g/mol. The summed E-state index contributed by atoms with van der Waals surface area (Å²) in [5.74, 6) is -0.875. The highest BCUT2D eigenvalue weighted by molar-refractivity contribution is 5.95. The Morgan fingerprint density at radius 1 is 1.38 bits per heavy atom. The van der Waals surface area contributed by atoms with E-state index in [1.54, 1.807) is 0 Å². The molecular weight excluding hydrogens is 223 g/mol. The Morgan fingerprint density at radius 2 is 1.94 bits per heavy atom. The molecular formula is C10H8F3NO2. The Morgan fingerprint density at radius 3 is 2.31 bits per heavy atom. The summed E-state index contributed by atoms with van der Waals surface area (Å²) >= 11 is 0. The third-order valence-corrected chi connectivity index (χ3v) is 2.06. The molecule has 16 heavy (non-hydrogen) atoms. The molecule has 0 aliphatic rings. The molecule has 1 aromatic rings. The Labute approximate surface area is 89.1 Å². The highest BCUT2D eigenvalue weighted by atomic mass is 19.4. The summed E-state index contributed by atoms with van der Waals surface area (Å²) in [6, 6.07) is 1.85. The Hall–Kier alpha value is -1.85. The Kier molecular flexibility index (Phi) is 3.02. The summed E-state index contributed by atoms with van der Waals surface area (Å²) in [6.07, 6.45) is -4.57. The molecule has 2 N–H and O–H groups in total. The third kappa shape index (κ3) is 2.21. The van der Waals surface area contributed by atoms with Crippen molar-refractivity contribution in [2.75, 3.05) is 0 Å². The molecule has 86 valence electrons. The number of aryl methyl sites for hydroxylation is 1. The molecule has 0 radical (unpaired) electrons. The number of primary amides is 1. The molecule has 0 atom stereocenters. The number of halogens is 3. The zero-order valence-corrected chi connectivity index (χ0v) is 8.26. The van der Waals surface area contributed by atoms with Gasteiger partial charge in [0.2, 0.25) is 5.91 Å². The zero-order valence-electron chi connectivity index (χ0n) is 8.26. The molecule has 0 aliphatic carbocycles. The van der Waals surface area contributed by atoms with Gasteiger partial charge >= 0.3 is 6.18 Å². The van der Waals surface area contributed by atoms with E-state index in [-0.39, 0.29) is 17.4 Å². The van der Waals surface area contributed by atoms with Gasteiger partial charge in [0.25, 0.3) is 0 Å². The first kappa shape index (κ1) is 12.2. The Balaban J connectivity index is 3.53. The number of benzene rings is 1. The van der Waals surface area contributed by atoms with Gasteiger partial charge in [0, 0.05) is 11.1 Å². The third-order valence-electron chi connectivity index (χ3n) is 2.06. The summed E-state index contributed by atoms with van der Waals surface area (Å²) in [7, 11) is 0. The molecule has 3 nitrogen and oxygen atoms in total. The summed E-state index contributed by atoms with van der Waals surface area (Å²) in [5, 5.41) is 0. The van der Waals surface area contributed by atoms with Crippen LogP contribution in [-0.2, 0) is 6.18 Å². The lowest BCUT2D eigenvalue weighted by atomic mass is 9.98. The highest BCUT2D eigenvalue weighted by Crippen LogP contribution is 2.34. The first-order valence-electron chi connectivity index (χ1n) is 4.24. The maximum Gasteiger partial charge on any atom is 0.417 e. The fraction of sp³-hybridized carbons (Fsp3) is 0.200. The van der Waals surface area contributed by atoms with Crippen LogP contribution in [0.1, 0.15) is 31.8 Å². The largest absolute Gasteiger partial charge is 0.417 e. The molecule has 0 fully saturated rings. The lowest BCUT2D eigenvalue weighted by Crippen LogP contribution is -2.16. The van der Waals surface area contributed by atoms with E-state index < -0.39 is 23.2 Å². The van der Waals surface area contributed by atoms with Crippen LogP contribution in [0.3, 0.4) is 0 Å². The number of alkyl halides is 3. The summed E-state index contributed by atoms with van der Waals surface area (Å²) in [4.78, 5) is 21.4. The van der Waals surface area contributed by atoms with Crippen LogP contribution in [0.5, 0.6) is 0 Å². The van der Waals surface area contributed by atoms with E-state index in [1.165, 1.54) is 6.92 Å². The van der Waals surface area contributed by atoms with Gasteiger partial charge in [-0.2, -0.15) is 13.2 Å². The number of carbonyl (C=O) groups is 2. The van der Waals surface area contributed by atoms with E-state index in [0.717, 1.165) is 12.1 Å². The molecule has 6 heteroatoms. The molecule has 0 spiro atoms. The van der Waals surface area contributed by atoms with Crippen LogP contribution in [0.2, 0.25) is 0 Å². The summed E-state index contributed by atoms with van der Waals surface area (Å²) in [5.41, 5.74) is 2.99. The number of amides is 1. The standard InChI is InChI=1S/C10H8F3NO2/c1-5-2-6(9(14)16)3-7(4-15)8(5)10(11,12)13/h2-4H,1H3,(H2,14,16). The zero-order chi connectivity index (χ0) is 12.5. The smallest absolute Gasteiger partial charge is 0.366 e. The molecule has 0 bridgehead atoms. The molecule has 0 unspecified atom stereocenters. The van der Waals surface area contributed by atoms with Crippen molar-refractivity contribution in [3.8, 4) is 0 Å². The maximum atomic E-state index is 12.6. The second kappa shape index (κ2) is 3.96. The lowest BCUT2D eigenvalue weighted by molar-refractivity contribution is -0.138. The molecule has 1 amide bonds. The molecule has 0 aromatic heterocycles. The van der Waals surface area contributed by atoms with Crippen molar-refractivity contribution in [3.05, 3.63) is 34.4 Å². The van der Waals surface area contributed by atoms with Crippen molar-refractivity contribution in [1.82, 2.24) is 0 Å². The van der Waals surface area contributed by atoms with Crippen molar-refractivity contribution < 1.29 is 22.8 Å². The monoisotopic (exact) mass is 231 g/mol. The molecule has 1 rings (SSSR count). The summed E-state index contributed by atoms with van der Waals surface area (Å²) in [6.45, 7) is 1.17. The van der Waals surface area contributed by atoms with Crippen LogP contribution in [0.4, 0.5) is 13.2 Å². The van der Waals surface area contributed by atoms with E-state index in [2.05, 4.69) is 0 Å². The van der Waals surface area contributed by atoms with Crippen molar-refractivity contribution in [3.63, 3.8) is 0 Å². The van der Waals surface area contributed by atoms with Gasteiger partial charge in [-0.05, 0) is 24.6 Å². The van der Waals surface area contributed by atoms with E-state index in [0.29, 0.717) is 0 Å². The van der Waals surface area contributed by atoms with E-state index in [4.69, 9.17) is 5.73 Å². The highest BCUT2D eigenvalue weighted by Gasteiger charge is 2.35. The summed E-state index contributed by atoms with van der Waals surface area (Å²) < 4.78 is 37.7. The minimum atomic E-state index is -4.63. The number of carbonyl (C=O) groups excluding carboxylic acids is 2. The number of aldehydes is 1. The van der Waals surface area contributed by atoms with E-state index in [9.17, 15) is 22.8 Å². The van der Waals surface area contributed by atoms with Crippen LogP contribution in [0.25, 0.3) is 0 Å². The number of hydrogen-bond donors (Lipinski definition) is 1. The van der Waals surface area contributed by atoms with Crippen LogP contribution in [-0.4, -0.2) is 12.2 Å². The molecule has 0 aliphatic heterocycles. The Bertz CT molecular complexity index is 452. The molecule has 0 heterocycles. The predicted molar refractivity (Wildman–Crippen MR) is 50.1 cm³/mol. The van der Waals surface area contributed by atoms with Crippen LogP contribution < -0.4 is 5.73 Å². The van der Waals surface area contributed by atoms with Gasteiger partial charge in [0.1, 0.15) is 0 Å². The minimum absolute atomic E-state index is 0.0578. The number of rotatable bonds is 2. The molecule has 0 saturated carbocycles. The van der Waals surface area contributed by atoms with Crippen LogP contribution >= 0.6 is 0 Å². The fourth-order valence-corrected chi connectivity index (χ4v) is 1.44. The first-order valence-corrected chi connectivity index (χ1v) is 4.24.